The second-order valence-corrected chi connectivity index (χ2v) is 4.57. The van der Waals surface area contributed by atoms with E-state index in [1.165, 1.54) is 12.3 Å². The van der Waals surface area contributed by atoms with E-state index in [1.54, 1.807) is 24.3 Å². The molecule has 0 aliphatic carbocycles. The number of ketones is 1. The van der Waals surface area contributed by atoms with Gasteiger partial charge in [-0.3, -0.25) is 9.78 Å². The minimum absolute atomic E-state index is 0.222. The Labute approximate surface area is 113 Å². The second kappa shape index (κ2) is 5.05. The molecule has 5 heteroatoms. The van der Waals surface area contributed by atoms with Crippen LogP contribution in [-0.4, -0.2) is 10.8 Å². The number of nitrogens with zero attached hydrogens (tertiary/aromatic N) is 1. The molecule has 2 rings (SSSR count). The van der Waals surface area contributed by atoms with E-state index >= 15 is 0 Å². The van der Waals surface area contributed by atoms with E-state index in [4.69, 9.17) is 34.8 Å². The largest absolute Gasteiger partial charge is 0.287 e. The fourth-order valence-corrected chi connectivity index (χ4v) is 1.71. The third-order valence-corrected chi connectivity index (χ3v) is 3.10. The Morgan fingerprint density at radius 1 is 1.00 bits per heavy atom. The Kier molecular flexibility index (Phi) is 3.67. The topological polar surface area (TPSA) is 30.0 Å². The number of pyridine rings is 1. The molecule has 0 saturated carbocycles. The Balaban J connectivity index is 2.37. The number of benzene rings is 1. The van der Waals surface area contributed by atoms with Crippen LogP contribution in [0.15, 0.2) is 36.5 Å². The van der Waals surface area contributed by atoms with Gasteiger partial charge in [-0.25, -0.2) is 0 Å². The molecule has 1 aromatic carbocycles. The molecular formula is C12H6Cl3NO. The molecule has 0 spiro atoms. The Bertz CT molecular complexity index is 566. The zero-order valence-corrected chi connectivity index (χ0v) is 10.7. The van der Waals surface area contributed by atoms with Crippen molar-refractivity contribution in [3.8, 4) is 0 Å². The van der Waals surface area contributed by atoms with Crippen molar-refractivity contribution in [2.24, 2.45) is 0 Å². The lowest BCUT2D eigenvalue weighted by Crippen LogP contribution is -2.03. The maximum absolute atomic E-state index is 12.0. The van der Waals surface area contributed by atoms with E-state index in [0.717, 1.165) is 0 Å². The molecule has 0 bridgehead atoms. The van der Waals surface area contributed by atoms with Gasteiger partial charge in [-0.15, -0.1) is 0 Å². The van der Waals surface area contributed by atoms with Gasteiger partial charge in [0.05, 0.1) is 15.1 Å². The lowest BCUT2D eigenvalue weighted by molar-refractivity contribution is 0.103. The Hall–Kier alpha value is -1.09. The quantitative estimate of drug-likeness (QED) is 0.772. The van der Waals surface area contributed by atoms with Crippen LogP contribution in [-0.2, 0) is 0 Å². The predicted octanol–water partition coefficient (Wildman–Crippen LogP) is 4.27. The maximum atomic E-state index is 12.0. The fraction of sp³-hybridized carbons (Fsp3) is 0. The molecule has 0 aliphatic rings. The summed E-state index contributed by atoms with van der Waals surface area (Å²) in [5.74, 6) is -0.222. The van der Waals surface area contributed by atoms with E-state index in [1.807, 2.05) is 0 Å². The van der Waals surface area contributed by atoms with Gasteiger partial charge in [0.1, 0.15) is 5.69 Å². The molecule has 1 aromatic heterocycles. The highest BCUT2D eigenvalue weighted by molar-refractivity contribution is 6.42. The van der Waals surface area contributed by atoms with Gasteiger partial charge in [0.25, 0.3) is 0 Å². The highest BCUT2D eigenvalue weighted by Crippen LogP contribution is 2.23. The molecule has 0 aliphatic heterocycles. The van der Waals surface area contributed by atoms with Crippen LogP contribution in [0.1, 0.15) is 16.1 Å². The number of aromatic nitrogens is 1. The minimum Gasteiger partial charge on any atom is -0.287 e. The van der Waals surface area contributed by atoms with Gasteiger partial charge in [0, 0.05) is 11.8 Å². The van der Waals surface area contributed by atoms with E-state index in [9.17, 15) is 4.79 Å². The highest BCUT2D eigenvalue weighted by atomic mass is 35.5. The summed E-state index contributed by atoms with van der Waals surface area (Å²) in [5.41, 5.74) is 0.752. The molecule has 2 aromatic rings. The molecule has 0 radical (unpaired) electrons. The van der Waals surface area contributed by atoms with Gasteiger partial charge in [-0.05, 0) is 30.3 Å². The van der Waals surface area contributed by atoms with E-state index < -0.39 is 0 Å². The van der Waals surface area contributed by atoms with Crippen LogP contribution in [0.3, 0.4) is 0 Å². The number of halogens is 3. The Morgan fingerprint density at radius 2 is 1.76 bits per heavy atom. The standard InChI is InChI=1S/C12H6Cl3NO/c13-8-2-4-11(16-6-8)12(17)7-1-3-9(14)10(15)5-7/h1-6H. The number of carbonyl (C=O) groups excluding carboxylic acids is 1. The summed E-state index contributed by atoms with van der Waals surface area (Å²) in [7, 11) is 0. The average Bonchev–Trinajstić information content (AvgIpc) is 2.33. The zero-order chi connectivity index (χ0) is 12.4. The van der Waals surface area contributed by atoms with Gasteiger partial charge >= 0.3 is 0 Å². The number of hydrogen-bond acceptors (Lipinski definition) is 2. The van der Waals surface area contributed by atoms with Crippen molar-refractivity contribution in [2.45, 2.75) is 0 Å². The SMILES string of the molecule is O=C(c1ccc(Cl)c(Cl)c1)c1ccc(Cl)cn1. The first-order valence-corrected chi connectivity index (χ1v) is 5.82. The number of hydrogen-bond donors (Lipinski definition) is 0. The molecule has 1 heterocycles. The maximum Gasteiger partial charge on any atom is 0.211 e. The lowest BCUT2D eigenvalue weighted by atomic mass is 10.1. The Morgan fingerprint density at radius 3 is 2.35 bits per heavy atom. The molecule has 0 atom stereocenters. The first kappa shape index (κ1) is 12.4. The van der Waals surface area contributed by atoms with Crippen LogP contribution in [0.4, 0.5) is 0 Å². The molecule has 0 N–H and O–H groups in total. The van der Waals surface area contributed by atoms with Crippen LogP contribution >= 0.6 is 34.8 Å². The lowest BCUT2D eigenvalue weighted by Gasteiger charge is -2.02. The highest BCUT2D eigenvalue weighted by Gasteiger charge is 2.11. The van der Waals surface area contributed by atoms with Crippen LogP contribution < -0.4 is 0 Å². The monoisotopic (exact) mass is 285 g/mol. The fourth-order valence-electron chi connectivity index (χ4n) is 1.30. The van der Waals surface area contributed by atoms with Gasteiger partial charge in [-0.1, -0.05) is 34.8 Å². The van der Waals surface area contributed by atoms with Crippen molar-refractivity contribution in [3.63, 3.8) is 0 Å². The average molecular weight is 287 g/mol. The summed E-state index contributed by atoms with van der Waals surface area (Å²) in [6.45, 7) is 0. The minimum atomic E-state index is -0.222. The van der Waals surface area contributed by atoms with Crippen LogP contribution in [0, 0.1) is 0 Å². The van der Waals surface area contributed by atoms with Gasteiger partial charge in [0.15, 0.2) is 0 Å². The summed E-state index contributed by atoms with van der Waals surface area (Å²) in [6, 6.07) is 7.87. The molecule has 0 amide bonds. The molecule has 17 heavy (non-hydrogen) atoms. The smallest absolute Gasteiger partial charge is 0.211 e. The summed E-state index contributed by atoms with van der Waals surface area (Å²) < 4.78 is 0. The third-order valence-electron chi connectivity index (χ3n) is 2.14. The zero-order valence-electron chi connectivity index (χ0n) is 8.45. The summed E-state index contributed by atoms with van der Waals surface area (Å²) in [4.78, 5) is 16.0. The van der Waals surface area contributed by atoms with Crippen molar-refractivity contribution in [1.82, 2.24) is 4.98 Å². The first-order chi connectivity index (χ1) is 8.08. The normalized spacial score (nSPS) is 10.3. The van der Waals surface area contributed by atoms with E-state index in [-0.39, 0.29) is 5.78 Å². The number of rotatable bonds is 2. The molecule has 2 nitrogen and oxygen atoms in total. The van der Waals surface area contributed by atoms with Crippen LogP contribution in [0.25, 0.3) is 0 Å². The second-order valence-electron chi connectivity index (χ2n) is 3.32. The van der Waals surface area contributed by atoms with Gasteiger partial charge < -0.3 is 0 Å². The van der Waals surface area contributed by atoms with Crippen LogP contribution in [0.5, 0.6) is 0 Å². The van der Waals surface area contributed by atoms with Gasteiger partial charge in [0.2, 0.25) is 5.78 Å². The molecule has 86 valence electrons. The summed E-state index contributed by atoms with van der Waals surface area (Å²) in [5, 5.41) is 1.23. The van der Waals surface area contributed by atoms with Crippen molar-refractivity contribution in [1.29, 1.82) is 0 Å². The van der Waals surface area contributed by atoms with Crippen molar-refractivity contribution < 1.29 is 4.79 Å². The predicted molar refractivity (Wildman–Crippen MR) is 69.1 cm³/mol. The first-order valence-electron chi connectivity index (χ1n) is 4.69. The van der Waals surface area contributed by atoms with Gasteiger partial charge in [-0.2, -0.15) is 0 Å². The molecule has 0 fully saturated rings. The van der Waals surface area contributed by atoms with E-state index in [0.29, 0.717) is 26.3 Å². The van der Waals surface area contributed by atoms with Crippen molar-refractivity contribution in [2.75, 3.05) is 0 Å². The van der Waals surface area contributed by atoms with Crippen molar-refractivity contribution in [3.05, 3.63) is 62.9 Å². The van der Waals surface area contributed by atoms with Crippen molar-refractivity contribution >= 4 is 40.6 Å². The molecule has 0 saturated heterocycles. The van der Waals surface area contributed by atoms with Crippen LogP contribution in [0.2, 0.25) is 15.1 Å². The third kappa shape index (κ3) is 2.78. The number of carbonyl (C=O) groups is 1. The molecular weight excluding hydrogens is 280 g/mol. The van der Waals surface area contributed by atoms with E-state index in [2.05, 4.69) is 4.98 Å². The summed E-state index contributed by atoms with van der Waals surface area (Å²) >= 11 is 17.3. The molecule has 0 unspecified atom stereocenters. The summed E-state index contributed by atoms with van der Waals surface area (Å²) in [6.07, 6.45) is 1.42.